The van der Waals surface area contributed by atoms with Crippen molar-refractivity contribution >= 4 is 146 Å². The van der Waals surface area contributed by atoms with Crippen LogP contribution in [0.2, 0.25) is 0 Å². The van der Waals surface area contributed by atoms with Crippen LogP contribution in [0, 0.1) is 5.92 Å². The van der Waals surface area contributed by atoms with E-state index in [1.165, 1.54) is 63.1 Å². The molecule has 21 N–H and O–H groups in total. The Morgan fingerprint density at radius 3 is 1.72 bits per heavy atom. The summed E-state index contributed by atoms with van der Waals surface area (Å²) >= 11 is 0.683. The highest BCUT2D eigenvalue weighted by atomic mass is 32.2. The number of thioether (sulfide) groups is 1. The van der Waals surface area contributed by atoms with Crippen LogP contribution in [0.1, 0.15) is 135 Å². The first-order valence-corrected chi connectivity index (χ1v) is 45.5. The number of nitrogens with two attached hydrogens (primary N) is 2. The second-order valence-electron chi connectivity index (χ2n) is 34.2. The van der Waals surface area contributed by atoms with E-state index >= 15 is 33.6 Å². The van der Waals surface area contributed by atoms with Gasteiger partial charge in [-0.2, -0.15) is 0 Å². The number of likely N-dealkylation sites (N-methyl/N-ethyl adjacent to an activating group) is 3. The van der Waals surface area contributed by atoms with E-state index < -0.39 is 285 Å². The van der Waals surface area contributed by atoms with Crippen molar-refractivity contribution in [3.05, 3.63) is 102 Å². The van der Waals surface area contributed by atoms with Crippen LogP contribution in [0.4, 0.5) is 0 Å². The number of aliphatic carboxylic acids is 2. The van der Waals surface area contributed by atoms with Gasteiger partial charge in [0.1, 0.15) is 96.9 Å². The van der Waals surface area contributed by atoms with Crippen LogP contribution in [0.15, 0.2) is 85.2 Å². The van der Waals surface area contributed by atoms with Crippen molar-refractivity contribution in [2.24, 2.45) is 17.4 Å². The fraction of sp³-hybridized carbons (Fsp3) is 0.539. The van der Waals surface area contributed by atoms with Gasteiger partial charge in [-0.15, -0.1) is 11.8 Å². The third-order valence-electron chi connectivity index (χ3n) is 23.7. The molecule has 8 rings (SSSR count). The van der Waals surface area contributed by atoms with Gasteiger partial charge in [0.2, 0.25) is 100 Å². The molecule has 45 heteroatoms. The fourth-order valence-corrected chi connectivity index (χ4v) is 17.2. The lowest BCUT2D eigenvalue weighted by Crippen LogP contribution is -2.62. The number of amides is 17. The Kier molecular flexibility index (Phi) is 39.6. The van der Waals surface area contributed by atoms with E-state index in [1.54, 1.807) is 82.4 Å². The number of nitrogens with one attached hydrogen (secondary N) is 11. The predicted octanol–water partition coefficient (Wildman–Crippen LogP) is -3.74. The molecule has 3 fully saturated rings. The van der Waals surface area contributed by atoms with Crippen LogP contribution in [0.25, 0.3) is 21.8 Å². The number of aromatic amines is 1. The number of aliphatic hydroxyl groups is 3. The van der Waals surface area contributed by atoms with Gasteiger partial charge in [0.15, 0.2) is 0 Å². The topological polar surface area (TPSA) is 655 Å². The van der Waals surface area contributed by atoms with Gasteiger partial charge >= 0.3 is 11.9 Å². The number of phenolic OH excluding ortho intramolecular Hbond substituents is 1. The fourth-order valence-electron chi connectivity index (χ4n) is 16.4. The summed E-state index contributed by atoms with van der Waals surface area (Å²) in [5.41, 5.74) is 13.1. The second-order valence-corrected chi connectivity index (χ2v) is 35.2. The minimum Gasteiger partial charge on any atom is -0.508 e. The maximum Gasteiger partial charge on any atom is 0.323 e. The molecule has 5 aromatic rings. The quantitative estimate of drug-likeness (QED) is 0.0253. The molecule has 0 saturated carbocycles. The lowest BCUT2D eigenvalue weighted by Gasteiger charge is -2.36. The molecule has 3 saturated heterocycles. The number of unbranched alkanes of at least 4 members (excludes halogenated alkanes) is 2. The molecule has 0 radical (unpaired) electrons. The molecule has 17 amide bonds. The highest BCUT2D eigenvalue weighted by Gasteiger charge is 2.47. The number of fused-ring (bicyclic) bond motifs is 4. The zero-order chi connectivity index (χ0) is 98.6. The Balaban J connectivity index is 1.20. The Hall–Kier alpha value is -13.3. The van der Waals surface area contributed by atoms with Gasteiger partial charge in [0, 0.05) is 106 Å². The van der Waals surface area contributed by atoms with E-state index in [9.17, 15) is 88.2 Å². The number of nitrogens with zero attached hydrogens (tertiary/aromatic N) is 6. The van der Waals surface area contributed by atoms with Crippen molar-refractivity contribution in [3.8, 4) is 5.75 Å². The minimum atomic E-state index is -2.00. The zero-order valence-corrected chi connectivity index (χ0v) is 76.8. The number of carboxylic acid groups (broad SMARTS) is 2. The van der Waals surface area contributed by atoms with Crippen LogP contribution < -0.4 is 64.6 Å². The van der Waals surface area contributed by atoms with Crippen LogP contribution in [0.5, 0.6) is 5.75 Å². The first-order chi connectivity index (χ1) is 63.6. The third-order valence-corrected chi connectivity index (χ3v) is 24.7. The summed E-state index contributed by atoms with van der Waals surface area (Å²) in [4.78, 5) is 281. The van der Waals surface area contributed by atoms with Crippen LogP contribution >= 0.6 is 11.8 Å². The molecule has 2 unspecified atom stereocenters. The van der Waals surface area contributed by atoms with Crippen molar-refractivity contribution in [1.82, 2.24) is 87.2 Å². The molecule has 3 aliphatic rings. The van der Waals surface area contributed by atoms with Gasteiger partial charge in [0.05, 0.1) is 38.0 Å². The van der Waals surface area contributed by atoms with Gasteiger partial charge in [-0.3, -0.25) is 91.1 Å². The predicted molar refractivity (Wildman–Crippen MR) is 484 cm³/mol. The minimum absolute atomic E-state index is 0.0798. The van der Waals surface area contributed by atoms with Crippen LogP contribution in [-0.4, -0.2) is 333 Å². The van der Waals surface area contributed by atoms with E-state index in [4.69, 9.17) is 11.5 Å². The van der Waals surface area contributed by atoms with Crippen LogP contribution in [-0.2, 0) is 117 Å². The highest BCUT2D eigenvalue weighted by molar-refractivity contribution is 8.00. The van der Waals surface area contributed by atoms with Crippen molar-refractivity contribution in [2.45, 2.75) is 235 Å². The first-order valence-electron chi connectivity index (χ1n) is 44.4. The summed E-state index contributed by atoms with van der Waals surface area (Å²) in [5, 5.41) is 89.8. The van der Waals surface area contributed by atoms with Crippen molar-refractivity contribution < 1.29 is 122 Å². The highest BCUT2D eigenvalue weighted by Crippen LogP contribution is 2.29. The Labute approximate surface area is 776 Å². The number of aromatic hydroxyl groups is 1. The van der Waals surface area contributed by atoms with Gasteiger partial charge in [0.25, 0.3) is 0 Å². The van der Waals surface area contributed by atoms with Gasteiger partial charge < -0.3 is 129 Å². The number of aromatic nitrogens is 2. The summed E-state index contributed by atoms with van der Waals surface area (Å²) < 4.78 is 1.38. The Bertz CT molecular complexity index is 5110. The maximum atomic E-state index is 15.8. The van der Waals surface area contributed by atoms with Crippen molar-refractivity contribution in [2.75, 3.05) is 65.5 Å². The largest absolute Gasteiger partial charge is 0.508 e. The van der Waals surface area contributed by atoms with Crippen LogP contribution in [0.3, 0.4) is 0 Å². The smallest absolute Gasteiger partial charge is 0.323 e. The Morgan fingerprint density at radius 1 is 0.545 bits per heavy atom. The number of phenols is 1. The first kappa shape index (κ1) is 106. The number of carbonyl (C=O) groups is 19. The molecule has 134 heavy (non-hydrogen) atoms. The van der Waals surface area contributed by atoms with Gasteiger partial charge in [-0.25, -0.2) is 0 Å². The average molecular weight is 1890 g/mol. The molecule has 44 nitrogen and oxygen atoms in total. The number of hydrogen-bond donors (Lipinski definition) is 19. The third kappa shape index (κ3) is 29.1. The van der Waals surface area contributed by atoms with Crippen molar-refractivity contribution in [1.29, 1.82) is 0 Å². The number of para-hydroxylation sites is 2. The lowest BCUT2D eigenvalue weighted by molar-refractivity contribution is -0.149. The van der Waals surface area contributed by atoms with E-state index in [2.05, 4.69) is 58.2 Å². The molecule has 0 aliphatic carbocycles. The number of aliphatic hydroxyl groups excluding tert-OH is 3. The molecular weight excluding hydrogens is 1770 g/mol. The molecule has 0 spiro atoms. The molecule has 3 aromatic carbocycles. The summed E-state index contributed by atoms with van der Waals surface area (Å²) in [5.74, 6) is -22.2. The SMILES string of the molecule is CCCC[C@H]1C(=O)N(C)[C@@H](CCCC)C(=O)N[C@@H](CCC(=O)O)C(=O)N[C@H](C(=O)NCC(N)=O)CSCC(=O)N[C@@H](Cc2ccc(O)cc2)C(=O)N(C)[C@@H](C)C(=O)N[C@@H](CC(N)=O)C(=O)N2CCCC2C(=O)N[C@@H](CO)C(=O)N[C@@H](CC(C)C)C(=O)N2C[C@H](O)C[C@H]2C(=O)N[C@@H](Cc2c[nH]c3ccccc23)C(=O)N[C@@H](CO)C(=O)NC(Cc2cn(CC(=O)O)c3ccccc23)C(=O)N1C. The summed E-state index contributed by atoms with van der Waals surface area (Å²) in [6, 6.07) is -4.75. The number of hydrogen-bond acceptors (Lipinski definition) is 24. The molecular formula is C89H123N19O25S. The van der Waals surface area contributed by atoms with E-state index in [0.717, 1.165) is 24.5 Å². The molecule has 2 aromatic heterocycles. The number of carboxylic acids is 2. The monoisotopic (exact) mass is 1890 g/mol. The Morgan fingerprint density at radius 2 is 1.09 bits per heavy atom. The van der Waals surface area contributed by atoms with E-state index in [0.29, 0.717) is 57.5 Å². The molecule has 15 atom stereocenters. The molecule has 5 heterocycles. The normalized spacial score (nSPS) is 24.9. The molecule has 3 aliphatic heterocycles. The average Bonchev–Trinajstić information content (AvgIpc) is 1.67. The number of rotatable bonds is 26. The number of benzene rings is 3. The molecule has 730 valence electrons. The summed E-state index contributed by atoms with van der Waals surface area (Å²) in [6.07, 6.45) is -1.38. The number of H-pyrrole nitrogens is 1. The summed E-state index contributed by atoms with van der Waals surface area (Å²) in [7, 11) is 3.67. The maximum absolute atomic E-state index is 15.8. The number of carbonyl (C=O) groups excluding carboxylic acids is 17. The summed E-state index contributed by atoms with van der Waals surface area (Å²) in [6.45, 7) is 3.80. The lowest BCUT2D eigenvalue weighted by atomic mass is 10.00. The van der Waals surface area contributed by atoms with Gasteiger partial charge in [-0.1, -0.05) is 102 Å². The zero-order valence-electron chi connectivity index (χ0n) is 76.0. The number of primary amides is 2. The standard InChI is InChI=1S/C89H123N19O25S/c1-9-11-21-67-82(126)95-57(29-30-74(116)117)78(122)102-65(77(121)93-39-72(91)114)45-134-46-73(115)94-60(33-49-25-27-52(111)28-26-49)85(129)103(6)48(5)76(120)97-62(37-71(90)113)87(131)107-31-17-24-68(107)83(127)101-64(44-110)81(125)98-59(32-47(3)4)88(132)108-41-53(112)36-70(108)84(128)96-58(34-50-38-92-56-20-15-13-18-54(50)56)79(123)100-63(43-109)80(124)99-61(86(130)105(8)69(22-12-10-2)89(133)104(67)7)35-51-40-106(42-75(118)119)66-23-16-14-19-55(51)66/h13-16,18-20,23,25-28,38,40,47-48,53,57-65,67-70,92,109-112H,9-12,17,21-22,24,29-37,39,41-46H2,1-8H3,(H2,90,113)(H2,91,114)(H,93,121)(H,94,115)(H,95,126)(H,96,128)(H,97,120)(H,98,125)(H,99,124)(H,100,123)(H,101,127)(H,102,122)(H,116,117)(H,118,119)/t48-,53+,57-,58-,59-,60-,61?,62-,63-,64-,65-,67-,68?,69-,70-/m0/s1. The van der Waals surface area contributed by atoms with E-state index in [-0.39, 0.29) is 75.6 Å². The van der Waals surface area contributed by atoms with Gasteiger partial charge in [-0.05, 0) is 92.3 Å². The van der Waals surface area contributed by atoms with E-state index in [1.807, 2.05) is 0 Å². The molecule has 0 bridgehead atoms. The van der Waals surface area contributed by atoms with Crippen molar-refractivity contribution in [3.63, 3.8) is 0 Å². The second kappa shape index (κ2) is 50.0.